The van der Waals surface area contributed by atoms with Crippen molar-refractivity contribution in [3.63, 3.8) is 0 Å². The maximum absolute atomic E-state index is 12.9. The van der Waals surface area contributed by atoms with Gasteiger partial charge in [0.2, 0.25) is 5.91 Å². The number of nitrogens with zero attached hydrogens (tertiary/aromatic N) is 1. The molecule has 3 N–H and O–H groups in total. The summed E-state index contributed by atoms with van der Waals surface area (Å²) in [5, 5.41) is 3.05. The lowest BCUT2D eigenvalue weighted by molar-refractivity contribution is -0.225. The molecular weight excluding hydrogens is 349 g/mol. The zero-order valence-corrected chi connectivity index (χ0v) is 16.0. The highest BCUT2D eigenvalue weighted by Gasteiger charge is 2.70. The highest BCUT2D eigenvalue weighted by molar-refractivity contribution is 5.89. The molecule has 5 nitrogen and oxygen atoms in total. The van der Waals surface area contributed by atoms with Gasteiger partial charge in [-0.1, -0.05) is 19.9 Å². The summed E-state index contributed by atoms with van der Waals surface area (Å²) in [6.07, 6.45) is 3.74. The van der Waals surface area contributed by atoms with E-state index in [1.54, 1.807) is 6.20 Å². The fraction of sp³-hybridized carbons (Fsp3) is 0.647. The van der Waals surface area contributed by atoms with E-state index in [4.69, 9.17) is 10.5 Å². The van der Waals surface area contributed by atoms with Gasteiger partial charge >= 0.3 is 0 Å². The van der Waals surface area contributed by atoms with Crippen molar-refractivity contribution < 1.29 is 9.53 Å². The Hall–Kier alpha value is -0.880. The summed E-state index contributed by atoms with van der Waals surface area (Å²) in [6, 6.07) is 5.53. The molecule has 1 amide bonds. The molecule has 7 heteroatoms. The second-order valence-corrected chi connectivity index (χ2v) is 7.08. The molecule has 2 aliphatic rings. The summed E-state index contributed by atoms with van der Waals surface area (Å²) in [6.45, 7) is 6.77. The van der Waals surface area contributed by atoms with E-state index in [0.717, 1.165) is 25.1 Å². The number of hydrogen-bond donors (Lipinski definition) is 2. The number of rotatable bonds is 3. The molecule has 1 aliphatic carbocycles. The maximum Gasteiger partial charge on any atom is 0.241 e. The fourth-order valence-electron chi connectivity index (χ4n) is 4.06. The lowest BCUT2D eigenvalue weighted by Crippen LogP contribution is -2.82. The number of carbonyl (C=O) groups is 1. The third-order valence-corrected chi connectivity index (χ3v) is 5.54. The van der Waals surface area contributed by atoms with Gasteiger partial charge in [-0.25, -0.2) is 0 Å². The smallest absolute Gasteiger partial charge is 0.241 e. The van der Waals surface area contributed by atoms with Crippen LogP contribution in [0.4, 0.5) is 0 Å². The van der Waals surface area contributed by atoms with Crippen LogP contribution in [0.5, 0.6) is 0 Å². The lowest BCUT2D eigenvalue weighted by Gasteiger charge is -2.65. The first kappa shape index (κ1) is 21.2. The van der Waals surface area contributed by atoms with Gasteiger partial charge in [0, 0.05) is 24.1 Å². The summed E-state index contributed by atoms with van der Waals surface area (Å²) >= 11 is 0. The van der Waals surface area contributed by atoms with Crippen molar-refractivity contribution >= 4 is 30.7 Å². The average molecular weight is 376 g/mol. The number of fused-ring (bicyclic) bond motifs is 1. The van der Waals surface area contributed by atoms with Gasteiger partial charge in [-0.3, -0.25) is 9.78 Å². The number of pyridine rings is 1. The first-order valence-corrected chi connectivity index (χ1v) is 8.01. The Kier molecular flexibility index (Phi) is 6.67. The molecule has 0 bridgehead atoms. The molecule has 2 heterocycles. The summed E-state index contributed by atoms with van der Waals surface area (Å²) in [5.74, 6) is 0.00888. The van der Waals surface area contributed by atoms with E-state index in [9.17, 15) is 4.79 Å². The van der Waals surface area contributed by atoms with Crippen LogP contribution in [0.2, 0.25) is 0 Å². The zero-order valence-electron chi connectivity index (χ0n) is 14.3. The molecule has 2 fully saturated rings. The topological polar surface area (TPSA) is 77.2 Å². The van der Waals surface area contributed by atoms with Crippen LogP contribution >= 0.6 is 24.8 Å². The SMILES string of the molecule is CC(NC(=O)C1(N)C2CCCOC2C1(C)C)c1ccccn1.Cl.Cl. The number of ether oxygens (including phenoxy) is 1. The van der Waals surface area contributed by atoms with Crippen molar-refractivity contribution in [2.75, 3.05) is 6.61 Å². The Morgan fingerprint density at radius 3 is 2.75 bits per heavy atom. The molecule has 1 saturated carbocycles. The van der Waals surface area contributed by atoms with Crippen molar-refractivity contribution in [3.8, 4) is 0 Å². The van der Waals surface area contributed by atoms with Crippen molar-refractivity contribution in [2.24, 2.45) is 17.1 Å². The van der Waals surface area contributed by atoms with Crippen LogP contribution in [0.1, 0.15) is 45.3 Å². The molecule has 3 rings (SSSR count). The van der Waals surface area contributed by atoms with Gasteiger partial charge in [0.1, 0.15) is 5.54 Å². The third kappa shape index (κ3) is 3.03. The molecule has 0 spiro atoms. The quantitative estimate of drug-likeness (QED) is 0.850. The Morgan fingerprint density at radius 2 is 2.12 bits per heavy atom. The highest BCUT2D eigenvalue weighted by atomic mass is 35.5. The molecule has 24 heavy (non-hydrogen) atoms. The Labute approximate surface area is 155 Å². The minimum atomic E-state index is -0.874. The first-order valence-electron chi connectivity index (χ1n) is 8.01. The van der Waals surface area contributed by atoms with Crippen molar-refractivity contribution in [3.05, 3.63) is 30.1 Å². The number of halogens is 2. The summed E-state index contributed by atoms with van der Waals surface area (Å²) < 4.78 is 5.86. The molecule has 1 aromatic heterocycles. The van der Waals surface area contributed by atoms with Crippen LogP contribution in [0.25, 0.3) is 0 Å². The van der Waals surface area contributed by atoms with E-state index in [0.29, 0.717) is 0 Å². The predicted octanol–water partition coefficient (Wildman–Crippen LogP) is 2.63. The van der Waals surface area contributed by atoms with Gasteiger partial charge in [-0.05, 0) is 31.9 Å². The molecule has 1 aliphatic heterocycles. The molecule has 0 aromatic carbocycles. The number of hydrogen-bond acceptors (Lipinski definition) is 4. The van der Waals surface area contributed by atoms with Gasteiger partial charge in [0.15, 0.2) is 0 Å². The van der Waals surface area contributed by atoms with Gasteiger partial charge in [-0.15, -0.1) is 24.8 Å². The van der Waals surface area contributed by atoms with E-state index in [-0.39, 0.29) is 54.2 Å². The lowest BCUT2D eigenvalue weighted by atomic mass is 9.46. The summed E-state index contributed by atoms with van der Waals surface area (Å²) in [7, 11) is 0. The second kappa shape index (κ2) is 7.56. The van der Waals surface area contributed by atoms with E-state index in [1.165, 1.54) is 0 Å². The van der Waals surface area contributed by atoms with Crippen LogP contribution in [0.3, 0.4) is 0 Å². The minimum Gasteiger partial charge on any atom is -0.377 e. The Bertz CT molecular complexity index is 570. The van der Waals surface area contributed by atoms with Crippen molar-refractivity contribution in [1.29, 1.82) is 0 Å². The molecule has 0 radical (unpaired) electrons. The third-order valence-electron chi connectivity index (χ3n) is 5.54. The molecular formula is C17H27Cl2N3O2. The van der Waals surface area contributed by atoms with Crippen LogP contribution in [-0.2, 0) is 9.53 Å². The maximum atomic E-state index is 12.9. The van der Waals surface area contributed by atoms with Crippen molar-refractivity contribution in [1.82, 2.24) is 10.3 Å². The van der Waals surface area contributed by atoms with E-state index in [2.05, 4.69) is 10.3 Å². The van der Waals surface area contributed by atoms with Gasteiger partial charge < -0.3 is 15.8 Å². The predicted molar refractivity (Wildman–Crippen MR) is 98.5 cm³/mol. The molecule has 4 unspecified atom stereocenters. The standard InChI is InChI=1S/C17H25N3O2.2ClH/c1-11(13-8-4-5-9-19-13)20-15(21)17(18)12-7-6-10-22-14(12)16(17,2)3;;/h4-5,8-9,11-12,14H,6-7,10,18H2,1-3H3,(H,20,21);2*1H. The summed E-state index contributed by atoms with van der Waals surface area (Å²) in [5.41, 5.74) is 6.20. The Morgan fingerprint density at radius 1 is 1.42 bits per heavy atom. The number of nitrogens with one attached hydrogen (secondary N) is 1. The number of aromatic nitrogens is 1. The normalized spacial score (nSPS) is 31.3. The molecule has 1 saturated heterocycles. The average Bonchev–Trinajstić information content (AvgIpc) is 2.54. The van der Waals surface area contributed by atoms with Gasteiger partial charge in [-0.2, -0.15) is 0 Å². The van der Waals surface area contributed by atoms with Crippen LogP contribution < -0.4 is 11.1 Å². The van der Waals surface area contributed by atoms with Crippen molar-refractivity contribution in [2.45, 2.75) is 51.3 Å². The van der Waals surface area contributed by atoms with Crippen LogP contribution in [0, 0.1) is 11.3 Å². The minimum absolute atomic E-state index is 0. The fourth-order valence-corrected chi connectivity index (χ4v) is 4.06. The molecule has 4 atom stereocenters. The van der Waals surface area contributed by atoms with Crippen LogP contribution in [-0.4, -0.2) is 29.1 Å². The number of nitrogens with two attached hydrogens (primary N) is 1. The number of carbonyl (C=O) groups excluding carboxylic acids is 1. The largest absolute Gasteiger partial charge is 0.377 e. The number of amides is 1. The van der Waals surface area contributed by atoms with E-state index >= 15 is 0 Å². The zero-order chi connectivity index (χ0) is 16.0. The summed E-state index contributed by atoms with van der Waals surface area (Å²) in [4.78, 5) is 17.2. The van der Waals surface area contributed by atoms with Gasteiger partial charge in [0.25, 0.3) is 0 Å². The van der Waals surface area contributed by atoms with Crippen LogP contribution in [0.15, 0.2) is 24.4 Å². The monoisotopic (exact) mass is 375 g/mol. The first-order chi connectivity index (χ1) is 10.4. The highest BCUT2D eigenvalue weighted by Crippen LogP contribution is 2.57. The molecule has 1 aromatic rings. The second-order valence-electron chi connectivity index (χ2n) is 7.08. The van der Waals surface area contributed by atoms with Gasteiger partial charge in [0.05, 0.1) is 17.8 Å². The molecule has 136 valence electrons. The van der Waals surface area contributed by atoms with E-state index in [1.807, 2.05) is 39.0 Å². The van der Waals surface area contributed by atoms with E-state index < -0.39 is 5.54 Å². The Balaban J connectivity index is 0.00000144.